The number of nitrogens with one attached hydrogen (secondary N) is 1. The third kappa shape index (κ3) is 3.69. The number of fused-ring (bicyclic) bond motifs is 1. The number of para-hydroxylation sites is 1. The van der Waals surface area contributed by atoms with Crippen molar-refractivity contribution in [3.05, 3.63) is 78.4 Å². The van der Waals surface area contributed by atoms with Gasteiger partial charge in [0.25, 0.3) is 5.91 Å². The fourth-order valence-corrected chi connectivity index (χ4v) is 2.53. The van der Waals surface area contributed by atoms with Crippen LogP contribution < -0.4 is 10.1 Å². The van der Waals surface area contributed by atoms with Crippen LogP contribution in [0.5, 0.6) is 5.75 Å². The second-order valence-corrected chi connectivity index (χ2v) is 5.43. The Bertz CT molecular complexity index is 794. The van der Waals surface area contributed by atoms with Gasteiger partial charge in [-0.25, -0.2) is 0 Å². The lowest BCUT2D eigenvalue weighted by Gasteiger charge is -2.15. The van der Waals surface area contributed by atoms with Crippen molar-refractivity contribution in [3.63, 3.8) is 0 Å². The maximum atomic E-state index is 12.2. The van der Waals surface area contributed by atoms with Gasteiger partial charge < -0.3 is 10.1 Å². The predicted molar refractivity (Wildman–Crippen MR) is 92.3 cm³/mol. The molecule has 3 aromatic rings. The molecule has 0 saturated carbocycles. The topological polar surface area (TPSA) is 38.3 Å². The first kappa shape index (κ1) is 15.1. The fourth-order valence-electron chi connectivity index (χ4n) is 2.53. The van der Waals surface area contributed by atoms with E-state index in [1.165, 1.54) is 5.39 Å². The molecule has 1 amide bonds. The highest BCUT2D eigenvalue weighted by molar-refractivity contribution is 5.86. The quantitative estimate of drug-likeness (QED) is 0.776. The SMILES string of the molecule is C[C@H](Oc1ccccc1)C(=O)NCc1cccc2ccccc12. The smallest absolute Gasteiger partial charge is 0.261 e. The van der Waals surface area contributed by atoms with E-state index in [1.54, 1.807) is 6.92 Å². The summed E-state index contributed by atoms with van der Waals surface area (Å²) >= 11 is 0. The Morgan fingerprint density at radius 3 is 2.48 bits per heavy atom. The van der Waals surface area contributed by atoms with Gasteiger partial charge in [0.1, 0.15) is 5.75 Å². The Labute approximate surface area is 135 Å². The van der Waals surface area contributed by atoms with Crippen molar-refractivity contribution in [1.82, 2.24) is 5.32 Å². The van der Waals surface area contributed by atoms with Gasteiger partial charge in [0.2, 0.25) is 0 Å². The van der Waals surface area contributed by atoms with Gasteiger partial charge in [0.05, 0.1) is 0 Å². The molecule has 3 heteroatoms. The maximum absolute atomic E-state index is 12.2. The minimum absolute atomic E-state index is 0.123. The third-order valence-electron chi connectivity index (χ3n) is 3.76. The first-order valence-corrected chi connectivity index (χ1v) is 7.70. The van der Waals surface area contributed by atoms with Crippen LogP contribution in [-0.2, 0) is 11.3 Å². The largest absolute Gasteiger partial charge is 0.481 e. The summed E-state index contributed by atoms with van der Waals surface area (Å²) in [6.45, 7) is 2.24. The van der Waals surface area contributed by atoms with Crippen molar-refractivity contribution in [2.45, 2.75) is 19.6 Å². The van der Waals surface area contributed by atoms with E-state index >= 15 is 0 Å². The van der Waals surface area contributed by atoms with Gasteiger partial charge in [-0.3, -0.25) is 4.79 Å². The monoisotopic (exact) mass is 305 g/mol. The number of hydrogen-bond donors (Lipinski definition) is 1. The van der Waals surface area contributed by atoms with Crippen molar-refractivity contribution < 1.29 is 9.53 Å². The third-order valence-corrected chi connectivity index (χ3v) is 3.76. The average Bonchev–Trinajstić information content (AvgIpc) is 2.60. The molecule has 0 unspecified atom stereocenters. The molecule has 0 radical (unpaired) electrons. The van der Waals surface area contributed by atoms with E-state index in [9.17, 15) is 4.79 Å². The van der Waals surface area contributed by atoms with Gasteiger partial charge in [-0.2, -0.15) is 0 Å². The molecule has 0 saturated heterocycles. The van der Waals surface area contributed by atoms with Gasteiger partial charge in [-0.1, -0.05) is 60.7 Å². The van der Waals surface area contributed by atoms with Crippen LogP contribution in [0, 0.1) is 0 Å². The highest BCUT2D eigenvalue weighted by Crippen LogP contribution is 2.18. The highest BCUT2D eigenvalue weighted by atomic mass is 16.5. The number of benzene rings is 3. The number of carbonyl (C=O) groups is 1. The van der Waals surface area contributed by atoms with E-state index in [1.807, 2.05) is 54.6 Å². The number of hydrogen-bond acceptors (Lipinski definition) is 2. The van der Waals surface area contributed by atoms with Gasteiger partial charge in [-0.05, 0) is 35.4 Å². The first-order chi connectivity index (χ1) is 11.2. The molecule has 3 aromatic carbocycles. The second kappa shape index (κ2) is 6.97. The van der Waals surface area contributed by atoms with E-state index in [4.69, 9.17) is 4.74 Å². The Morgan fingerprint density at radius 2 is 1.65 bits per heavy atom. The fraction of sp³-hybridized carbons (Fsp3) is 0.150. The van der Waals surface area contributed by atoms with Crippen molar-refractivity contribution >= 4 is 16.7 Å². The minimum atomic E-state index is -0.535. The summed E-state index contributed by atoms with van der Waals surface area (Å²) < 4.78 is 5.64. The molecule has 0 aliphatic rings. The van der Waals surface area contributed by atoms with Crippen LogP contribution in [0.2, 0.25) is 0 Å². The molecule has 3 nitrogen and oxygen atoms in total. The Kier molecular flexibility index (Phi) is 4.57. The van der Waals surface area contributed by atoms with Crippen molar-refractivity contribution in [2.24, 2.45) is 0 Å². The Balaban J connectivity index is 1.64. The molecule has 1 N–H and O–H groups in total. The van der Waals surface area contributed by atoms with Gasteiger partial charge in [0, 0.05) is 6.54 Å². The van der Waals surface area contributed by atoms with Crippen LogP contribution in [0.1, 0.15) is 12.5 Å². The summed E-state index contributed by atoms with van der Waals surface area (Å²) in [6, 6.07) is 23.6. The summed E-state index contributed by atoms with van der Waals surface area (Å²) in [7, 11) is 0. The van der Waals surface area contributed by atoms with Gasteiger partial charge in [0.15, 0.2) is 6.10 Å². The van der Waals surface area contributed by atoms with Gasteiger partial charge >= 0.3 is 0 Å². The summed E-state index contributed by atoms with van der Waals surface area (Å²) in [4.78, 5) is 12.2. The molecule has 0 bridgehead atoms. The number of carbonyl (C=O) groups excluding carboxylic acids is 1. The second-order valence-electron chi connectivity index (χ2n) is 5.43. The molecule has 3 rings (SSSR count). The molecule has 0 aliphatic carbocycles. The zero-order chi connectivity index (χ0) is 16.1. The van der Waals surface area contributed by atoms with Crippen LogP contribution in [-0.4, -0.2) is 12.0 Å². The lowest BCUT2D eigenvalue weighted by atomic mass is 10.0. The van der Waals surface area contributed by atoms with E-state index in [-0.39, 0.29) is 5.91 Å². The maximum Gasteiger partial charge on any atom is 0.261 e. The lowest BCUT2D eigenvalue weighted by molar-refractivity contribution is -0.127. The van der Waals surface area contributed by atoms with E-state index in [0.717, 1.165) is 10.9 Å². The van der Waals surface area contributed by atoms with Crippen LogP contribution in [0.25, 0.3) is 10.8 Å². The summed E-state index contributed by atoms with van der Waals surface area (Å²) in [5, 5.41) is 5.28. The van der Waals surface area contributed by atoms with E-state index < -0.39 is 6.10 Å². The van der Waals surface area contributed by atoms with Gasteiger partial charge in [-0.15, -0.1) is 0 Å². The lowest BCUT2D eigenvalue weighted by Crippen LogP contribution is -2.35. The van der Waals surface area contributed by atoms with Crippen molar-refractivity contribution in [2.75, 3.05) is 0 Å². The molecule has 0 fully saturated rings. The van der Waals surface area contributed by atoms with Crippen molar-refractivity contribution in [1.29, 1.82) is 0 Å². The predicted octanol–water partition coefficient (Wildman–Crippen LogP) is 3.92. The molecule has 23 heavy (non-hydrogen) atoms. The molecular weight excluding hydrogens is 286 g/mol. The van der Waals surface area contributed by atoms with Crippen LogP contribution in [0.15, 0.2) is 72.8 Å². The molecule has 116 valence electrons. The first-order valence-electron chi connectivity index (χ1n) is 7.70. The normalized spacial score (nSPS) is 11.9. The molecular formula is C20H19NO2. The zero-order valence-corrected chi connectivity index (χ0v) is 13.0. The molecule has 0 aromatic heterocycles. The average molecular weight is 305 g/mol. The summed E-state index contributed by atoms with van der Waals surface area (Å²) in [5.74, 6) is 0.571. The number of rotatable bonds is 5. The van der Waals surface area contributed by atoms with E-state index in [0.29, 0.717) is 12.3 Å². The molecule has 0 heterocycles. The molecule has 0 aliphatic heterocycles. The molecule has 0 spiro atoms. The Morgan fingerprint density at radius 1 is 0.957 bits per heavy atom. The summed E-state index contributed by atoms with van der Waals surface area (Å²) in [5.41, 5.74) is 1.10. The molecule has 1 atom stereocenters. The highest BCUT2D eigenvalue weighted by Gasteiger charge is 2.14. The number of amides is 1. The van der Waals surface area contributed by atoms with E-state index in [2.05, 4.69) is 23.5 Å². The standard InChI is InChI=1S/C20H19NO2/c1-15(23-18-11-3-2-4-12-18)20(22)21-14-17-10-7-9-16-8-5-6-13-19(16)17/h2-13,15H,14H2,1H3,(H,21,22)/t15-/m0/s1. The van der Waals surface area contributed by atoms with Crippen LogP contribution in [0.3, 0.4) is 0 Å². The Hall–Kier alpha value is -2.81. The van der Waals surface area contributed by atoms with Crippen LogP contribution in [0.4, 0.5) is 0 Å². The summed E-state index contributed by atoms with van der Waals surface area (Å²) in [6.07, 6.45) is -0.535. The number of ether oxygens (including phenoxy) is 1. The minimum Gasteiger partial charge on any atom is -0.481 e. The zero-order valence-electron chi connectivity index (χ0n) is 13.0. The van der Waals surface area contributed by atoms with Crippen molar-refractivity contribution in [3.8, 4) is 5.75 Å². The van der Waals surface area contributed by atoms with Crippen LogP contribution >= 0.6 is 0 Å².